The quantitative estimate of drug-likeness (QED) is 0.461. The van der Waals surface area contributed by atoms with Crippen LogP contribution in [0.2, 0.25) is 5.02 Å². The molecule has 2 aliphatic carbocycles. The first kappa shape index (κ1) is 27.6. The number of ketones is 1. The van der Waals surface area contributed by atoms with Crippen LogP contribution in [0, 0.1) is 23.7 Å². The van der Waals surface area contributed by atoms with Gasteiger partial charge < -0.3 is 14.4 Å². The van der Waals surface area contributed by atoms with Crippen LogP contribution in [0.5, 0.6) is 5.88 Å². The number of halogens is 1. The van der Waals surface area contributed by atoms with Crippen molar-refractivity contribution < 1.29 is 27.5 Å². The van der Waals surface area contributed by atoms with E-state index in [1.807, 2.05) is 11.0 Å². The first-order valence-corrected chi connectivity index (χ1v) is 16.0. The zero-order valence-electron chi connectivity index (χ0n) is 22.3. The molecule has 6 rings (SSSR count). The molecule has 9 nitrogen and oxygen atoms in total. The summed E-state index contributed by atoms with van der Waals surface area (Å²) in [5, 5.41) is 5.13. The largest absolute Gasteiger partial charge is 0.477 e. The highest BCUT2D eigenvalue weighted by Gasteiger charge is 2.45. The predicted molar refractivity (Wildman–Crippen MR) is 148 cm³/mol. The third kappa shape index (κ3) is 5.91. The van der Waals surface area contributed by atoms with Crippen LogP contribution in [0.4, 0.5) is 0 Å². The molecule has 2 saturated heterocycles. The van der Waals surface area contributed by atoms with Crippen LogP contribution in [0.25, 0.3) is 0 Å². The number of carbonyl (C=O) groups is 2. The third-order valence-electron chi connectivity index (χ3n) is 8.80. The van der Waals surface area contributed by atoms with Gasteiger partial charge in [-0.25, -0.2) is 18.5 Å². The summed E-state index contributed by atoms with van der Waals surface area (Å²) in [5.41, 5.74) is 1.94. The smallest absolute Gasteiger partial charge is 0.254 e. The predicted octanol–water partition coefficient (Wildman–Crippen LogP) is 4.05. The van der Waals surface area contributed by atoms with Gasteiger partial charge in [0, 0.05) is 61.0 Å². The lowest BCUT2D eigenvalue weighted by molar-refractivity contribution is 0.0490. The van der Waals surface area contributed by atoms with Gasteiger partial charge in [-0.3, -0.25) is 9.59 Å². The van der Waals surface area contributed by atoms with Gasteiger partial charge in [-0.15, -0.1) is 0 Å². The average molecular weight is 588 g/mol. The Morgan fingerprint density at radius 1 is 1.02 bits per heavy atom. The standard InChI is InChI=1S/C29H34ClN3O6S/c30-24-11-19(3-4-26(24)40(31,36)37)28(34)20-9-22-14-33(15-23(22)10-20)29(35)21-12-25(18-1-2-18)32-27(13-21)39-16-17-5-7-38-8-6-17/h3-4,11-13,17-18,20,22-23H,1-2,5-10,14-16H2,(H2,31,36,37)/t22-,23-/m0/s1. The first-order chi connectivity index (χ1) is 19.2. The molecule has 2 N–H and O–H groups in total. The number of rotatable bonds is 8. The molecule has 0 bridgehead atoms. The number of benzene rings is 1. The topological polar surface area (TPSA) is 129 Å². The van der Waals surface area contributed by atoms with Crippen LogP contribution in [0.15, 0.2) is 35.2 Å². The van der Waals surface area contributed by atoms with Gasteiger partial charge in [0.15, 0.2) is 5.78 Å². The molecule has 214 valence electrons. The van der Waals surface area contributed by atoms with E-state index >= 15 is 0 Å². The molecule has 40 heavy (non-hydrogen) atoms. The van der Waals surface area contributed by atoms with E-state index in [0.29, 0.717) is 61.4 Å². The number of fused-ring (bicyclic) bond motifs is 1. The number of sulfonamides is 1. The maximum atomic E-state index is 13.6. The van der Waals surface area contributed by atoms with Crippen LogP contribution in [-0.4, -0.2) is 62.9 Å². The molecule has 1 amide bonds. The van der Waals surface area contributed by atoms with Crippen LogP contribution in [-0.2, 0) is 14.8 Å². The monoisotopic (exact) mass is 587 g/mol. The molecular weight excluding hydrogens is 554 g/mol. The first-order valence-electron chi connectivity index (χ1n) is 14.0. The molecule has 2 aromatic rings. The van der Waals surface area contributed by atoms with Crippen LogP contribution >= 0.6 is 11.6 Å². The van der Waals surface area contributed by atoms with Crippen molar-refractivity contribution in [2.75, 3.05) is 32.9 Å². The molecule has 3 heterocycles. The fourth-order valence-electron chi connectivity index (χ4n) is 6.41. The Hall–Kier alpha value is -2.53. The van der Waals surface area contributed by atoms with Gasteiger partial charge >= 0.3 is 0 Å². The molecule has 11 heteroatoms. The maximum absolute atomic E-state index is 13.6. The second kappa shape index (κ2) is 11.0. The maximum Gasteiger partial charge on any atom is 0.254 e. The normalized spacial score (nSPS) is 23.8. The Balaban J connectivity index is 1.10. The van der Waals surface area contributed by atoms with E-state index in [1.165, 1.54) is 18.2 Å². The van der Waals surface area contributed by atoms with Crippen molar-refractivity contribution in [1.82, 2.24) is 9.88 Å². The summed E-state index contributed by atoms with van der Waals surface area (Å²) in [5.74, 6) is 1.60. The van der Waals surface area contributed by atoms with Crippen molar-refractivity contribution in [3.8, 4) is 5.88 Å². The highest BCUT2D eigenvalue weighted by molar-refractivity contribution is 7.89. The van der Waals surface area contributed by atoms with E-state index in [4.69, 9.17) is 31.2 Å². The fraction of sp³-hybridized carbons (Fsp3) is 0.552. The van der Waals surface area contributed by atoms with Crippen LogP contribution in [0.3, 0.4) is 0 Å². The van der Waals surface area contributed by atoms with Gasteiger partial charge in [-0.2, -0.15) is 0 Å². The van der Waals surface area contributed by atoms with Gasteiger partial charge in [-0.1, -0.05) is 11.6 Å². The van der Waals surface area contributed by atoms with Crippen molar-refractivity contribution >= 4 is 33.3 Å². The Bertz CT molecular complexity index is 1410. The number of ether oxygens (including phenoxy) is 2. The second-order valence-corrected chi connectivity index (χ2v) is 13.7. The Morgan fingerprint density at radius 3 is 2.35 bits per heavy atom. The van der Waals surface area contributed by atoms with Gasteiger partial charge in [0.05, 0.1) is 11.6 Å². The minimum absolute atomic E-state index is 0.0112. The number of aromatic nitrogens is 1. The number of nitrogens with zero attached hydrogens (tertiary/aromatic N) is 2. The summed E-state index contributed by atoms with van der Waals surface area (Å²) < 4.78 is 34.8. The summed E-state index contributed by atoms with van der Waals surface area (Å²) in [6.45, 7) is 3.32. The summed E-state index contributed by atoms with van der Waals surface area (Å²) in [6.07, 6.45) is 5.49. The Morgan fingerprint density at radius 2 is 1.73 bits per heavy atom. The number of hydrogen-bond donors (Lipinski definition) is 1. The van der Waals surface area contributed by atoms with Gasteiger partial charge in [0.25, 0.3) is 5.91 Å². The molecule has 2 aliphatic heterocycles. The molecule has 4 aliphatic rings. The van der Waals surface area contributed by atoms with Crippen LogP contribution in [0.1, 0.15) is 70.9 Å². The van der Waals surface area contributed by atoms with E-state index in [-0.39, 0.29) is 39.4 Å². The molecule has 2 saturated carbocycles. The molecule has 0 spiro atoms. The minimum Gasteiger partial charge on any atom is -0.477 e. The lowest BCUT2D eigenvalue weighted by Gasteiger charge is -2.22. The Labute approximate surface area is 239 Å². The molecule has 1 aromatic carbocycles. The van der Waals surface area contributed by atoms with Crippen molar-refractivity contribution in [1.29, 1.82) is 0 Å². The molecule has 0 radical (unpaired) electrons. The second-order valence-electron chi connectivity index (χ2n) is 11.7. The fourth-order valence-corrected chi connectivity index (χ4v) is 7.50. The zero-order chi connectivity index (χ0) is 28.0. The summed E-state index contributed by atoms with van der Waals surface area (Å²) in [4.78, 5) is 33.2. The number of primary sulfonamides is 1. The number of likely N-dealkylation sites (tertiary alicyclic amines) is 1. The lowest BCUT2D eigenvalue weighted by Crippen LogP contribution is -2.30. The number of Topliss-reactive ketones (excluding diaryl/α,β-unsaturated/α-hetero) is 1. The minimum atomic E-state index is -3.96. The van der Waals surface area contributed by atoms with Gasteiger partial charge in [0.2, 0.25) is 15.9 Å². The zero-order valence-corrected chi connectivity index (χ0v) is 23.8. The van der Waals surface area contributed by atoms with Gasteiger partial charge in [0.1, 0.15) is 4.90 Å². The third-order valence-corrected chi connectivity index (χ3v) is 10.2. The lowest BCUT2D eigenvalue weighted by atomic mass is 9.94. The van der Waals surface area contributed by atoms with E-state index in [0.717, 1.165) is 44.6 Å². The van der Waals surface area contributed by atoms with E-state index < -0.39 is 10.0 Å². The SMILES string of the molecule is NS(=O)(=O)c1ccc(C(=O)C2C[C@H]3CN(C(=O)c4cc(OCC5CCOCC5)nc(C5CC5)c4)C[C@@H]3C2)cc1Cl. The van der Waals surface area contributed by atoms with Crippen molar-refractivity contribution in [3.63, 3.8) is 0 Å². The highest BCUT2D eigenvalue weighted by Crippen LogP contribution is 2.44. The number of nitrogens with two attached hydrogens (primary N) is 1. The summed E-state index contributed by atoms with van der Waals surface area (Å²) >= 11 is 6.10. The van der Waals surface area contributed by atoms with Crippen molar-refractivity contribution in [3.05, 3.63) is 52.2 Å². The van der Waals surface area contributed by atoms with Crippen molar-refractivity contribution in [2.45, 2.75) is 49.3 Å². The van der Waals surface area contributed by atoms with Crippen LogP contribution < -0.4 is 9.88 Å². The van der Waals surface area contributed by atoms with E-state index in [1.54, 1.807) is 6.07 Å². The van der Waals surface area contributed by atoms with E-state index in [9.17, 15) is 18.0 Å². The average Bonchev–Trinajstić information content (AvgIpc) is 3.60. The summed E-state index contributed by atoms with van der Waals surface area (Å²) in [7, 11) is -3.96. The number of amides is 1. The molecular formula is C29H34ClN3O6S. The number of pyridine rings is 1. The highest BCUT2D eigenvalue weighted by atomic mass is 35.5. The van der Waals surface area contributed by atoms with Gasteiger partial charge in [-0.05, 0) is 80.5 Å². The molecule has 1 aromatic heterocycles. The molecule has 4 fully saturated rings. The summed E-state index contributed by atoms with van der Waals surface area (Å²) in [6, 6.07) is 7.85. The van der Waals surface area contributed by atoms with E-state index in [2.05, 4.69) is 0 Å². The number of hydrogen-bond acceptors (Lipinski definition) is 7. The molecule has 2 atom stereocenters. The van der Waals surface area contributed by atoms with Crippen molar-refractivity contribution in [2.24, 2.45) is 28.8 Å². The Kier molecular flexibility index (Phi) is 7.63. The number of carbonyl (C=O) groups excluding carboxylic acids is 2. The molecule has 0 unspecified atom stereocenters.